The highest BCUT2D eigenvalue weighted by atomic mass is 32.2. The first-order chi connectivity index (χ1) is 8.16. The van der Waals surface area contributed by atoms with E-state index in [9.17, 15) is 0 Å². The summed E-state index contributed by atoms with van der Waals surface area (Å²) in [7, 11) is 0. The Morgan fingerprint density at radius 1 is 1.24 bits per heavy atom. The van der Waals surface area contributed by atoms with Gasteiger partial charge in [-0.1, -0.05) is 32.9 Å². The van der Waals surface area contributed by atoms with Crippen LogP contribution >= 0.6 is 11.8 Å². The van der Waals surface area contributed by atoms with E-state index in [-0.39, 0.29) is 0 Å². The van der Waals surface area contributed by atoms with Crippen LogP contribution in [0, 0.1) is 0 Å². The van der Waals surface area contributed by atoms with Gasteiger partial charge in [-0.05, 0) is 36.3 Å². The Hall–Kier alpha value is -0.470. The molecule has 0 aliphatic heterocycles. The lowest BCUT2D eigenvalue weighted by molar-refractivity contribution is 0.520. The lowest BCUT2D eigenvalue weighted by Crippen LogP contribution is -2.31. The summed E-state index contributed by atoms with van der Waals surface area (Å²) in [5.74, 6) is 1.15. The van der Waals surface area contributed by atoms with Crippen LogP contribution in [-0.4, -0.2) is 18.3 Å². The summed E-state index contributed by atoms with van der Waals surface area (Å²) < 4.78 is 0. The van der Waals surface area contributed by atoms with Crippen molar-refractivity contribution in [3.05, 3.63) is 29.8 Å². The summed E-state index contributed by atoms with van der Waals surface area (Å²) in [4.78, 5) is 1.39. The van der Waals surface area contributed by atoms with Gasteiger partial charge < -0.3 is 5.32 Å². The van der Waals surface area contributed by atoms with Crippen molar-refractivity contribution >= 4 is 11.8 Å². The van der Waals surface area contributed by atoms with Crippen LogP contribution in [0.3, 0.4) is 0 Å². The zero-order valence-electron chi connectivity index (χ0n) is 11.1. The van der Waals surface area contributed by atoms with Crippen molar-refractivity contribution in [2.24, 2.45) is 0 Å². The van der Waals surface area contributed by atoms with E-state index in [2.05, 4.69) is 50.4 Å². The van der Waals surface area contributed by atoms with Crippen molar-refractivity contribution in [1.82, 2.24) is 5.32 Å². The average molecular weight is 249 g/mol. The fraction of sp³-hybridized carbons (Fsp3) is 0.600. The van der Waals surface area contributed by atoms with Gasteiger partial charge >= 0.3 is 0 Å². The first-order valence-electron chi connectivity index (χ1n) is 6.63. The predicted octanol–water partition coefficient (Wildman–Crippen LogP) is 3.83. The summed E-state index contributed by atoms with van der Waals surface area (Å²) in [6.07, 6.45) is 2.68. The van der Waals surface area contributed by atoms with Crippen molar-refractivity contribution in [2.75, 3.05) is 12.3 Å². The van der Waals surface area contributed by atoms with Gasteiger partial charge in [-0.25, -0.2) is 0 Å². The third-order valence-corrected chi connectivity index (χ3v) is 4.37. The molecule has 1 aromatic rings. The molecule has 1 saturated carbocycles. The van der Waals surface area contributed by atoms with Crippen LogP contribution in [0.5, 0.6) is 0 Å². The van der Waals surface area contributed by atoms with E-state index in [0.29, 0.717) is 11.5 Å². The molecule has 0 aromatic heterocycles. The molecule has 0 unspecified atom stereocenters. The van der Waals surface area contributed by atoms with E-state index < -0.39 is 0 Å². The van der Waals surface area contributed by atoms with E-state index in [0.717, 1.165) is 12.3 Å². The molecule has 2 heteroatoms. The highest BCUT2D eigenvalue weighted by Crippen LogP contribution is 2.47. The minimum Gasteiger partial charge on any atom is -0.314 e. The minimum absolute atomic E-state index is 0.444. The van der Waals surface area contributed by atoms with E-state index in [1.165, 1.54) is 23.3 Å². The molecule has 0 spiro atoms. The number of rotatable bonds is 6. The first kappa shape index (κ1) is 13.0. The average Bonchev–Trinajstić information content (AvgIpc) is 3.09. The third kappa shape index (κ3) is 3.26. The van der Waals surface area contributed by atoms with Crippen LogP contribution < -0.4 is 5.32 Å². The monoisotopic (exact) mass is 249 g/mol. The standard InChI is InChI=1S/C15H23NS/c1-4-17-14-7-5-13(6-8-14)15(9-10-15)11-16-12(2)3/h5-8,12,16H,4,9-11H2,1-3H3. The van der Waals surface area contributed by atoms with Gasteiger partial charge in [0.2, 0.25) is 0 Å². The van der Waals surface area contributed by atoms with Crippen molar-refractivity contribution in [3.63, 3.8) is 0 Å². The first-order valence-corrected chi connectivity index (χ1v) is 7.61. The van der Waals surface area contributed by atoms with Crippen LogP contribution in [0.2, 0.25) is 0 Å². The van der Waals surface area contributed by atoms with Crippen molar-refractivity contribution < 1.29 is 0 Å². The highest BCUT2D eigenvalue weighted by molar-refractivity contribution is 7.99. The Bertz CT molecular complexity index is 352. The molecular formula is C15H23NS. The number of benzene rings is 1. The molecule has 0 atom stereocenters. The molecule has 0 bridgehead atoms. The summed E-state index contributed by atoms with van der Waals surface area (Å²) in [5, 5.41) is 3.58. The number of nitrogens with one attached hydrogen (secondary N) is 1. The summed E-state index contributed by atoms with van der Waals surface area (Å²) in [6.45, 7) is 7.77. The molecule has 0 saturated heterocycles. The highest BCUT2D eigenvalue weighted by Gasteiger charge is 2.43. The molecule has 1 aromatic carbocycles. The van der Waals surface area contributed by atoms with E-state index in [1.807, 2.05) is 11.8 Å². The van der Waals surface area contributed by atoms with Gasteiger partial charge in [-0.3, -0.25) is 0 Å². The summed E-state index contributed by atoms with van der Waals surface area (Å²) >= 11 is 1.92. The van der Waals surface area contributed by atoms with E-state index in [4.69, 9.17) is 0 Å². The molecule has 1 N–H and O–H groups in total. The largest absolute Gasteiger partial charge is 0.314 e. The van der Waals surface area contributed by atoms with Crippen molar-refractivity contribution in [2.45, 2.75) is 50.0 Å². The van der Waals surface area contributed by atoms with E-state index in [1.54, 1.807) is 0 Å². The SMILES string of the molecule is CCSc1ccc(C2(CNC(C)C)CC2)cc1. The van der Waals surface area contributed by atoms with Gasteiger partial charge in [-0.2, -0.15) is 0 Å². The topological polar surface area (TPSA) is 12.0 Å². The van der Waals surface area contributed by atoms with Gasteiger partial charge in [0.05, 0.1) is 0 Å². The van der Waals surface area contributed by atoms with Gasteiger partial charge in [0.25, 0.3) is 0 Å². The maximum absolute atomic E-state index is 3.58. The Kier molecular flexibility index (Phi) is 4.16. The van der Waals surface area contributed by atoms with Gasteiger partial charge in [-0.15, -0.1) is 11.8 Å². The zero-order valence-corrected chi connectivity index (χ0v) is 11.9. The molecule has 1 fully saturated rings. The molecule has 1 aliphatic carbocycles. The lowest BCUT2D eigenvalue weighted by atomic mass is 9.96. The molecule has 0 radical (unpaired) electrons. The maximum atomic E-state index is 3.58. The number of thioether (sulfide) groups is 1. The van der Waals surface area contributed by atoms with Gasteiger partial charge in [0.15, 0.2) is 0 Å². The molecular weight excluding hydrogens is 226 g/mol. The molecule has 1 nitrogen and oxygen atoms in total. The molecule has 94 valence electrons. The molecule has 0 heterocycles. The third-order valence-electron chi connectivity index (χ3n) is 3.48. The second kappa shape index (κ2) is 5.45. The van der Waals surface area contributed by atoms with Gasteiger partial charge in [0.1, 0.15) is 0 Å². The second-order valence-corrected chi connectivity index (χ2v) is 6.61. The van der Waals surface area contributed by atoms with Crippen LogP contribution in [0.4, 0.5) is 0 Å². The van der Waals surface area contributed by atoms with Crippen molar-refractivity contribution in [1.29, 1.82) is 0 Å². The predicted molar refractivity (Wildman–Crippen MR) is 76.9 cm³/mol. The zero-order chi connectivity index (χ0) is 12.3. The molecule has 17 heavy (non-hydrogen) atoms. The van der Waals surface area contributed by atoms with Gasteiger partial charge in [0, 0.05) is 22.9 Å². The van der Waals surface area contributed by atoms with E-state index >= 15 is 0 Å². The maximum Gasteiger partial charge on any atom is 0.00785 e. The second-order valence-electron chi connectivity index (χ2n) is 5.27. The van der Waals surface area contributed by atoms with Crippen LogP contribution in [0.15, 0.2) is 29.2 Å². The quantitative estimate of drug-likeness (QED) is 0.769. The fourth-order valence-corrected chi connectivity index (χ4v) is 2.85. The fourth-order valence-electron chi connectivity index (χ4n) is 2.19. The lowest BCUT2D eigenvalue weighted by Gasteiger charge is -2.18. The Morgan fingerprint density at radius 2 is 1.88 bits per heavy atom. The van der Waals surface area contributed by atoms with Crippen LogP contribution in [-0.2, 0) is 5.41 Å². The number of hydrogen-bond acceptors (Lipinski definition) is 2. The smallest absolute Gasteiger partial charge is 0.00785 e. The summed E-state index contributed by atoms with van der Waals surface area (Å²) in [5.41, 5.74) is 1.96. The normalized spacial score (nSPS) is 17.4. The van der Waals surface area contributed by atoms with Crippen molar-refractivity contribution in [3.8, 4) is 0 Å². The summed E-state index contributed by atoms with van der Waals surface area (Å²) in [6, 6.07) is 9.79. The Labute approximate surface area is 109 Å². The van der Waals surface area contributed by atoms with Crippen LogP contribution in [0.1, 0.15) is 39.2 Å². The molecule has 2 rings (SSSR count). The minimum atomic E-state index is 0.444. The molecule has 1 aliphatic rings. The molecule has 0 amide bonds. The van der Waals surface area contributed by atoms with Crippen LogP contribution in [0.25, 0.3) is 0 Å². The Morgan fingerprint density at radius 3 is 2.35 bits per heavy atom. The number of hydrogen-bond donors (Lipinski definition) is 1. The Balaban J connectivity index is 2.01.